The van der Waals surface area contributed by atoms with Crippen LogP contribution in [-0.2, 0) is 11.3 Å². The van der Waals surface area contributed by atoms with Crippen LogP contribution in [0.4, 0.5) is 0 Å². The first-order valence-corrected chi connectivity index (χ1v) is 7.33. The Balaban J connectivity index is 2.03. The summed E-state index contributed by atoms with van der Waals surface area (Å²) in [5, 5.41) is 0.656. The van der Waals surface area contributed by atoms with Crippen LogP contribution in [0.3, 0.4) is 0 Å². The zero-order chi connectivity index (χ0) is 15.4. The summed E-state index contributed by atoms with van der Waals surface area (Å²) in [6.45, 7) is 6.13. The lowest BCUT2D eigenvalue weighted by Gasteiger charge is -2.13. The second-order valence-electron chi connectivity index (χ2n) is 5.21. The van der Waals surface area contributed by atoms with Gasteiger partial charge in [-0.05, 0) is 49.6 Å². The van der Waals surface area contributed by atoms with E-state index < -0.39 is 6.10 Å². The van der Waals surface area contributed by atoms with Gasteiger partial charge in [0.15, 0.2) is 5.78 Å². The predicted octanol–water partition coefficient (Wildman–Crippen LogP) is 4.74. The molecule has 0 saturated heterocycles. The number of Topliss-reactive ketones (excluding diaryl/α,β-unsaturated/α-hetero) is 1. The first-order chi connectivity index (χ1) is 9.99. The third-order valence-electron chi connectivity index (χ3n) is 3.61. The summed E-state index contributed by atoms with van der Waals surface area (Å²) in [4.78, 5) is 12.4. The fourth-order valence-electron chi connectivity index (χ4n) is 2.04. The van der Waals surface area contributed by atoms with E-state index in [2.05, 4.69) is 0 Å². The molecule has 0 N–H and O–H groups in total. The molecule has 1 atom stereocenters. The van der Waals surface area contributed by atoms with E-state index in [0.717, 1.165) is 11.1 Å². The fraction of sp³-hybridized carbons (Fsp3) is 0.278. The van der Waals surface area contributed by atoms with Gasteiger partial charge in [-0.2, -0.15) is 0 Å². The summed E-state index contributed by atoms with van der Waals surface area (Å²) in [6, 6.07) is 13.2. The molecule has 0 amide bonds. The minimum atomic E-state index is -0.497. The summed E-state index contributed by atoms with van der Waals surface area (Å²) < 4.78 is 5.66. The average molecular weight is 303 g/mol. The molecule has 0 fully saturated rings. The molecule has 21 heavy (non-hydrogen) atoms. The van der Waals surface area contributed by atoms with Crippen molar-refractivity contribution in [3.8, 4) is 0 Å². The number of hydrogen-bond donors (Lipinski definition) is 0. The molecule has 0 aliphatic carbocycles. The third-order valence-corrected chi connectivity index (χ3v) is 3.98. The highest BCUT2D eigenvalue weighted by Gasteiger charge is 2.16. The van der Waals surface area contributed by atoms with E-state index in [0.29, 0.717) is 17.2 Å². The van der Waals surface area contributed by atoms with E-state index >= 15 is 0 Å². The number of carbonyl (C=O) groups is 1. The minimum absolute atomic E-state index is 0.00912. The van der Waals surface area contributed by atoms with E-state index in [1.165, 1.54) is 5.56 Å². The van der Waals surface area contributed by atoms with E-state index in [-0.39, 0.29) is 5.78 Å². The third kappa shape index (κ3) is 3.93. The highest BCUT2D eigenvalue weighted by Crippen LogP contribution is 2.18. The Morgan fingerprint density at radius 3 is 2.52 bits per heavy atom. The molecule has 2 aromatic carbocycles. The van der Waals surface area contributed by atoms with Crippen molar-refractivity contribution < 1.29 is 9.53 Å². The number of ether oxygens (including phenoxy) is 1. The van der Waals surface area contributed by atoms with Crippen LogP contribution in [0, 0.1) is 13.8 Å². The van der Waals surface area contributed by atoms with Crippen LogP contribution >= 0.6 is 11.6 Å². The smallest absolute Gasteiger partial charge is 0.191 e. The molecule has 0 spiro atoms. The summed E-state index contributed by atoms with van der Waals surface area (Å²) in [6.07, 6.45) is -0.497. The van der Waals surface area contributed by atoms with Crippen molar-refractivity contribution in [1.29, 1.82) is 0 Å². The summed E-state index contributed by atoms with van der Waals surface area (Å²) in [7, 11) is 0. The van der Waals surface area contributed by atoms with Gasteiger partial charge in [0.25, 0.3) is 0 Å². The van der Waals surface area contributed by atoms with Gasteiger partial charge in [0.1, 0.15) is 6.10 Å². The second kappa shape index (κ2) is 6.88. The summed E-state index contributed by atoms with van der Waals surface area (Å²) >= 11 is 6.08. The van der Waals surface area contributed by atoms with Gasteiger partial charge in [-0.1, -0.05) is 41.9 Å². The van der Waals surface area contributed by atoms with Gasteiger partial charge < -0.3 is 4.74 Å². The molecule has 0 aliphatic heterocycles. The van der Waals surface area contributed by atoms with Crippen LogP contribution in [-0.4, -0.2) is 11.9 Å². The summed E-state index contributed by atoms with van der Waals surface area (Å²) in [5.74, 6) is -0.00912. The standard InChI is InChI=1S/C18H19ClO2/c1-12-8-9-15(10-13(12)2)18(20)14(3)21-11-16-6-4-5-7-17(16)19/h4-10,14H,11H2,1-3H3. The van der Waals surface area contributed by atoms with E-state index in [9.17, 15) is 4.79 Å². The molecule has 2 rings (SSSR count). The largest absolute Gasteiger partial charge is 0.366 e. The van der Waals surface area contributed by atoms with Gasteiger partial charge in [-0.25, -0.2) is 0 Å². The van der Waals surface area contributed by atoms with Crippen LogP contribution in [0.5, 0.6) is 0 Å². The Hall–Kier alpha value is -1.64. The van der Waals surface area contributed by atoms with Crippen LogP contribution in [0.1, 0.15) is 34.0 Å². The molecule has 0 saturated carbocycles. The Kier molecular flexibility index (Phi) is 5.16. The molecule has 0 aliphatic rings. The number of halogens is 1. The monoisotopic (exact) mass is 302 g/mol. The maximum Gasteiger partial charge on any atom is 0.191 e. The highest BCUT2D eigenvalue weighted by molar-refractivity contribution is 6.31. The predicted molar refractivity (Wildman–Crippen MR) is 85.9 cm³/mol. The Bertz CT molecular complexity index is 649. The molecule has 2 nitrogen and oxygen atoms in total. The van der Waals surface area contributed by atoms with Gasteiger partial charge >= 0.3 is 0 Å². The Morgan fingerprint density at radius 1 is 1.14 bits per heavy atom. The number of hydrogen-bond acceptors (Lipinski definition) is 2. The normalized spacial score (nSPS) is 12.2. The van der Waals surface area contributed by atoms with Gasteiger partial charge in [0.05, 0.1) is 6.61 Å². The van der Waals surface area contributed by atoms with Crippen molar-refractivity contribution >= 4 is 17.4 Å². The van der Waals surface area contributed by atoms with E-state index in [1.807, 2.05) is 56.3 Å². The van der Waals surface area contributed by atoms with Crippen LogP contribution in [0.15, 0.2) is 42.5 Å². The van der Waals surface area contributed by atoms with Crippen molar-refractivity contribution in [2.24, 2.45) is 0 Å². The zero-order valence-corrected chi connectivity index (χ0v) is 13.3. The van der Waals surface area contributed by atoms with Crippen molar-refractivity contribution in [3.63, 3.8) is 0 Å². The second-order valence-corrected chi connectivity index (χ2v) is 5.62. The van der Waals surface area contributed by atoms with Crippen molar-refractivity contribution in [2.75, 3.05) is 0 Å². The molecular weight excluding hydrogens is 284 g/mol. The van der Waals surface area contributed by atoms with Crippen LogP contribution < -0.4 is 0 Å². The number of aryl methyl sites for hydroxylation is 2. The molecule has 0 radical (unpaired) electrons. The fourth-order valence-corrected chi connectivity index (χ4v) is 2.23. The first-order valence-electron chi connectivity index (χ1n) is 6.95. The molecule has 0 bridgehead atoms. The topological polar surface area (TPSA) is 26.3 Å². The molecule has 0 heterocycles. The molecule has 110 valence electrons. The maximum atomic E-state index is 12.4. The molecule has 2 aromatic rings. The number of ketones is 1. The lowest BCUT2D eigenvalue weighted by Crippen LogP contribution is -2.21. The lowest BCUT2D eigenvalue weighted by atomic mass is 10.0. The number of benzene rings is 2. The van der Waals surface area contributed by atoms with E-state index in [1.54, 1.807) is 6.92 Å². The van der Waals surface area contributed by atoms with Crippen molar-refractivity contribution in [3.05, 3.63) is 69.7 Å². The Morgan fingerprint density at radius 2 is 1.86 bits per heavy atom. The van der Waals surface area contributed by atoms with Gasteiger partial charge in [-0.3, -0.25) is 4.79 Å². The number of carbonyl (C=O) groups excluding carboxylic acids is 1. The summed E-state index contributed by atoms with van der Waals surface area (Å²) in [5.41, 5.74) is 3.86. The average Bonchev–Trinajstić information content (AvgIpc) is 2.48. The van der Waals surface area contributed by atoms with Crippen LogP contribution in [0.2, 0.25) is 5.02 Å². The van der Waals surface area contributed by atoms with Crippen molar-refractivity contribution in [2.45, 2.75) is 33.5 Å². The van der Waals surface area contributed by atoms with Crippen molar-refractivity contribution in [1.82, 2.24) is 0 Å². The maximum absolute atomic E-state index is 12.4. The number of rotatable bonds is 5. The van der Waals surface area contributed by atoms with Gasteiger partial charge in [0.2, 0.25) is 0 Å². The first kappa shape index (κ1) is 15.7. The SMILES string of the molecule is Cc1ccc(C(=O)C(C)OCc2ccccc2Cl)cc1C. The lowest BCUT2D eigenvalue weighted by molar-refractivity contribution is 0.0412. The van der Waals surface area contributed by atoms with Crippen LogP contribution in [0.25, 0.3) is 0 Å². The molecular formula is C18H19ClO2. The van der Waals surface area contributed by atoms with Gasteiger partial charge in [0, 0.05) is 10.6 Å². The quantitative estimate of drug-likeness (QED) is 0.745. The van der Waals surface area contributed by atoms with Gasteiger partial charge in [-0.15, -0.1) is 0 Å². The zero-order valence-electron chi connectivity index (χ0n) is 12.5. The molecule has 0 aromatic heterocycles. The molecule has 3 heteroatoms. The van der Waals surface area contributed by atoms with E-state index in [4.69, 9.17) is 16.3 Å². The Labute approximate surface area is 130 Å². The minimum Gasteiger partial charge on any atom is -0.366 e. The highest BCUT2D eigenvalue weighted by atomic mass is 35.5. The molecule has 1 unspecified atom stereocenters.